The zero-order valence-corrected chi connectivity index (χ0v) is 13.9. The van der Waals surface area contributed by atoms with Crippen LogP contribution in [-0.2, 0) is 17.3 Å². The van der Waals surface area contributed by atoms with Gasteiger partial charge in [-0.3, -0.25) is 4.21 Å². The van der Waals surface area contributed by atoms with Gasteiger partial charge >= 0.3 is 0 Å². The summed E-state index contributed by atoms with van der Waals surface area (Å²) in [5, 5.41) is 3.47. The van der Waals surface area contributed by atoms with Gasteiger partial charge in [-0.05, 0) is 23.8 Å². The summed E-state index contributed by atoms with van der Waals surface area (Å²) in [5.41, 5.74) is 2.57. The molecule has 1 fully saturated rings. The predicted molar refractivity (Wildman–Crippen MR) is 86.2 cm³/mol. The zero-order chi connectivity index (χ0) is 13.8. The third-order valence-electron chi connectivity index (χ3n) is 3.26. The lowest BCUT2D eigenvalue weighted by Crippen LogP contribution is -2.38. The molecule has 2 rings (SSSR count). The molecule has 0 radical (unpaired) electrons. The second-order valence-corrected chi connectivity index (χ2v) is 7.76. The number of anilines is 1. The first-order chi connectivity index (χ1) is 9.06. The van der Waals surface area contributed by atoms with Gasteiger partial charge in [-0.2, -0.15) is 0 Å². The maximum atomic E-state index is 11.5. The zero-order valence-electron chi connectivity index (χ0n) is 11.5. The Morgan fingerprint density at radius 1 is 1.37 bits per heavy atom. The Balaban J connectivity index is 2.16. The van der Waals surface area contributed by atoms with Gasteiger partial charge < -0.3 is 10.2 Å². The van der Waals surface area contributed by atoms with E-state index in [1.54, 1.807) is 0 Å². The van der Waals surface area contributed by atoms with Crippen LogP contribution in [-0.4, -0.2) is 34.8 Å². The van der Waals surface area contributed by atoms with Gasteiger partial charge in [0.15, 0.2) is 0 Å². The van der Waals surface area contributed by atoms with Crippen LogP contribution in [0.4, 0.5) is 5.69 Å². The van der Waals surface area contributed by atoms with Crippen LogP contribution in [0.5, 0.6) is 0 Å². The fourth-order valence-electron chi connectivity index (χ4n) is 2.20. The van der Waals surface area contributed by atoms with Crippen molar-refractivity contribution in [3.8, 4) is 0 Å². The topological polar surface area (TPSA) is 32.3 Å². The molecule has 0 unspecified atom stereocenters. The normalized spacial score (nSPS) is 17.2. The SMILES string of the molecule is CC(C)NCc1cc(Br)ccc1N1CCS(=O)CC1. The van der Waals surface area contributed by atoms with Crippen molar-refractivity contribution in [2.75, 3.05) is 29.5 Å². The van der Waals surface area contributed by atoms with Gasteiger partial charge in [0.1, 0.15) is 0 Å². The molecular weight excluding hydrogens is 324 g/mol. The van der Waals surface area contributed by atoms with Gasteiger partial charge in [0, 0.05) is 58.1 Å². The molecule has 1 aliphatic rings. The maximum Gasteiger partial charge on any atom is 0.0413 e. The van der Waals surface area contributed by atoms with Gasteiger partial charge in [0.25, 0.3) is 0 Å². The Morgan fingerprint density at radius 3 is 2.68 bits per heavy atom. The molecule has 1 aliphatic heterocycles. The Bertz CT molecular complexity index is 455. The van der Waals surface area contributed by atoms with E-state index in [1.807, 2.05) is 0 Å². The molecule has 1 aromatic carbocycles. The molecule has 0 atom stereocenters. The third kappa shape index (κ3) is 4.29. The van der Waals surface area contributed by atoms with Crippen LogP contribution in [0.15, 0.2) is 22.7 Å². The van der Waals surface area contributed by atoms with Crippen molar-refractivity contribution in [3.05, 3.63) is 28.2 Å². The quantitative estimate of drug-likeness (QED) is 0.910. The van der Waals surface area contributed by atoms with E-state index in [0.29, 0.717) is 6.04 Å². The summed E-state index contributed by atoms with van der Waals surface area (Å²) in [6, 6.07) is 6.90. The molecule has 1 heterocycles. The Morgan fingerprint density at radius 2 is 2.05 bits per heavy atom. The summed E-state index contributed by atoms with van der Waals surface area (Å²) < 4.78 is 12.6. The van der Waals surface area contributed by atoms with E-state index in [0.717, 1.165) is 35.6 Å². The molecule has 19 heavy (non-hydrogen) atoms. The standard InChI is InChI=1S/C14H21BrN2OS/c1-11(2)16-10-12-9-13(15)3-4-14(12)17-5-7-19(18)8-6-17/h3-4,9,11,16H,5-8,10H2,1-2H3. The molecule has 0 amide bonds. The average Bonchev–Trinajstić information content (AvgIpc) is 2.38. The van der Waals surface area contributed by atoms with Crippen LogP contribution in [0, 0.1) is 0 Å². The molecule has 0 saturated carbocycles. The second-order valence-electron chi connectivity index (χ2n) is 5.14. The maximum absolute atomic E-state index is 11.5. The predicted octanol–water partition coefficient (Wildman–Crippen LogP) is 2.52. The number of rotatable bonds is 4. The highest BCUT2D eigenvalue weighted by Gasteiger charge is 2.18. The van der Waals surface area contributed by atoms with Crippen LogP contribution in [0.2, 0.25) is 0 Å². The highest BCUT2D eigenvalue weighted by molar-refractivity contribution is 9.10. The van der Waals surface area contributed by atoms with Crippen molar-refractivity contribution in [1.29, 1.82) is 0 Å². The minimum Gasteiger partial charge on any atom is -0.369 e. The monoisotopic (exact) mass is 344 g/mol. The van der Waals surface area contributed by atoms with Crippen molar-refractivity contribution in [3.63, 3.8) is 0 Å². The van der Waals surface area contributed by atoms with Gasteiger partial charge in [-0.15, -0.1) is 0 Å². The van der Waals surface area contributed by atoms with E-state index in [1.165, 1.54) is 11.3 Å². The molecule has 0 aliphatic carbocycles. The fraction of sp³-hybridized carbons (Fsp3) is 0.571. The fourth-order valence-corrected chi connectivity index (χ4v) is 3.66. The van der Waals surface area contributed by atoms with Crippen molar-refractivity contribution in [2.24, 2.45) is 0 Å². The lowest BCUT2D eigenvalue weighted by molar-refractivity contribution is 0.587. The number of nitrogens with zero attached hydrogens (tertiary/aromatic N) is 1. The number of nitrogens with one attached hydrogen (secondary N) is 1. The molecule has 106 valence electrons. The minimum atomic E-state index is -0.623. The molecule has 1 aromatic rings. The van der Waals surface area contributed by atoms with E-state index in [9.17, 15) is 4.21 Å². The smallest absolute Gasteiger partial charge is 0.0413 e. The molecule has 1 N–H and O–H groups in total. The van der Waals surface area contributed by atoms with E-state index in [-0.39, 0.29) is 0 Å². The second kappa shape index (κ2) is 6.86. The van der Waals surface area contributed by atoms with Crippen LogP contribution < -0.4 is 10.2 Å². The molecule has 1 saturated heterocycles. The van der Waals surface area contributed by atoms with Gasteiger partial charge in [-0.1, -0.05) is 29.8 Å². The number of hydrogen-bond donors (Lipinski definition) is 1. The van der Waals surface area contributed by atoms with Crippen molar-refractivity contribution in [2.45, 2.75) is 26.4 Å². The number of benzene rings is 1. The average molecular weight is 345 g/mol. The van der Waals surface area contributed by atoms with Gasteiger partial charge in [-0.25, -0.2) is 0 Å². The lowest BCUT2D eigenvalue weighted by Gasteiger charge is -2.30. The van der Waals surface area contributed by atoms with Crippen LogP contribution in [0.3, 0.4) is 0 Å². The van der Waals surface area contributed by atoms with E-state index in [2.05, 4.69) is 58.2 Å². The van der Waals surface area contributed by atoms with Crippen molar-refractivity contribution >= 4 is 32.4 Å². The van der Waals surface area contributed by atoms with E-state index in [4.69, 9.17) is 0 Å². The first-order valence-electron chi connectivity index (χ1n) is 6.68. The molecule has 0 bridgehead atoms. The Labute approximate surface area is 126 Å². The summed E-state index contributed by atoms with van der Waals surface area (Å²) in [6.45, 7) is 6.96. The largest absolute Gasteiger partial charge is 0.369 e. The van der Waals surface area contributed by atoms with E-state index < -0.39 is 10.8 Å². The number of hydrogen-bond acceptors (Lipinski definition) is 3. The van der Waals surface area contributed by atoms with Crippen LogP contribution in [0.25, 0.3) is 0 Å². The summed E-state index contributed by atoms with van der Waals surface area (Å²) in [5.74, 6) is 1.57. The highest BCUT2D eigenvalue weighted by atomic mass is 79.9. The van der Waals surface area contributed by atoms with Crippen molar-refractivity contribution < 1.29 is 4.21 Å². The first kappa shape index (κ1) is 15.0. The number of halogens is 1. The minimum absolute atomic E-state index is 0.473. The summed E-state index contributed by atoms with van der Waals surface area (Å²) >= 11 is 3.54. The first-order valence-corrected chi connectivity index (χ1v) is 8.96. The van der Waals surface area contributed by atoms with Gasteiger partial charge in [0.2, 0.25) is 0 Å². The lowest BCUT2D eigenvalue weighted by atomic mass is 10.1. The van der Waals surface area contributed by atoms with Crippen molar-refractivity contribution in [1.82, 2.24) is 5.32 Å². The van der Waals surface area contributed by atoms with Gasteiger partial charge in [0.05, 0.1) is 0 Å². The molecule has 0 spiro atoms. The Kier molecular flexibility index (Phi) is 5.42. The molecule has 3 nitrogen and oxygen atoms in total. The molecular formula is C14H21BrN2OS. The van der Waals surface area contributed by atoms with Crippen LogP contribution in [0.1, 0.15) is 19.4 Å². The third-order valence-corrected chi connectivity index (χ3v) is 5.03. The van der Waals surface area contributed by atoms with E-state index >= 15 is 0 Å². The Hall–Kier alpha value is -0.390. The highest BCUT2D eigenvalue weighted by Crippen LogP contribution is 2.25. The van der Waals surface area contributed by atoms with Crippen LogP contribution >= 0.6 is 15.9 Å². The summed E-state index contributed by atoms with van der Waals surface area (Å²) in [7, 11) is -0.623. The molecule has 5 heteroatoms. The summed E-state index contributed by atoms with van der Waals surface area (Å²) in [4.78, 5) is 2.35. The summed E-state index contributed by atoms with van der Waals surface area (Å²) in [6.07, 6.45) is 0. The molecule has 0 aromatic heterocycles.